The Morgan fingerprint density at radius 1 is 1.04 bits per heavy atom. The van der Waals surface area contributed by atoms with E-state index in [2.05, 4.69) is 32.5 Å². The van der Waals surface area contributed by atoms with Crippen LogP contribution in [0.4, 0.5) is 11.5 Å². The van der Waals surface area contributed by atoms with Gasteiger partial charge in [-0.25, -0.2) is 9.97 Å². The van der Waals surface area contributed by atoms with E-state index in [0.717, 1.165) is 17.8 Å². The van der Waals surface area contributed by atoms with E-state index >= 15 is 0 Å². The predicted molar refractivity (Wildman–Crippen MR) is 97.4 cm³/mol. The molecule has 0 radical (unpaired) electrons. The normalized spacial score (nSPS) is 10.3. The van der Waals surface area contributed by atoms with Crippen LogP contribution in [0.3, 0.4) is 0 Å². The summed E-state index contributed by atoms with van der Waals surface area (Å²) in [5.74, 6) is 0.305. The van der Waals surface area contributed by atoms with Crippen molar-refractivity contribution in [2.24, 2.45) is 0 Å². The van der Waals surface area contributed by atoms with Crippen LogP contribution in [0, 0.1) is 0 Å². The van der Waals surface area contributed by atoms with E-state index in [1.54, 1.807) is 12.3 Å². The van der Waals surface area contributed by atoms with Gasteiger partial charge in [-0.3, -0.25) is 9.78 Å². The highest BCUT2D eigenvalue weighted by Crippen LogP contribution is 2.12. The van der Waals surface area contributed by atoms with E-state index in [4.69, 9.17) is 0 Å². The van der Waals surface area contributed by atoms with Gasteiger partial charge in [0.2, 0.25) is 0 Å². The lowest BCUT2D eigenvalue weighted by molar-refractivity contribution is 0.102. The summed E-state index contributed by atoms with van der Waals surface area (Å²) >= 11 is 0. The first-order valence-electron chi connectivity index (χ1n) is 8.10. The number of nitrogens with one attached hydrogen (secondary N) is 2. The summed E-state index contributed by atoms with van der Waals surface area (Å²) in [6.07, 6.45) is 4.07. The standard InChI is InChI=1S/C19H19N5O/c1-2-14-6-8-15(9-7-14)24-19(25)17-11-18(23-13-22-17)21-12-16-5-3-4-10-20-16/h3-11,13H,2,12H2,1H3,(H,24,25)(H,21,22,23). The number of amides is 1. The van der Waals surface area contributed by atoms with Crippen LogP contribution in [0.25, 0.3) is 0 Å². The molecule has 0 spiro atoms. The van der Waals surface area contributed by atoms with Crippen LogP contribution >= 0.6 is 0 Å². The number of anilines is 2. The highest BCUT2D eigenvalue weighted by atomic mass is 16.1. The monoisotopic (exact) mass is 333 g/mol. The molecule has 3 rings (SSSR count). The van der Waals surface area contributed by atoms with Crippen LogP contribution in [0.5, 0.6) is 0 Å². The van der Waals surface area contributed by atoms with Crippen molar-refractivity contribution in [2.75, 3.05) is 10.6 Å². The van der Waals surface area contributed by atoms with E-state index < -0.39 is 0 Å². The van der Waals surface area contributed by atoms with E-state index in [1.807, 2.05) is 42.5 Å². The highest BCUT2D eigenvalue weighted by Gasteiger charge is 2.09. The second-order valence-corrected chi connectivity index (χ2v) is 5.47. The summed E-state index contributed by atoms with van der Waals surface area (Å²) in [5.41, 5.74) is 3.16. The first kappa shape index (κ1) is 16.6. The second kappa shape index (κ2) is 8.01. The Hall–Kier alpha value is -3.28. The maximum Gasteiger partial charge on any atom is 0.274 e. The number of nitrogens with zero attached hydrogens (tertiary/aromatic N) is 3. The van der Waals surface area contributed by atoms with Crippen LogP contribution in [0.15, 0.2) is 61.1 Å². The Labute approximate surface area is 146 Å². The molecule has 0 aliphatic carbocycles. The minimum Gasteiger partial charge on any atom is -0.364 e. The topological polar surface area (TPSA) is 79.8 Å². The molecule has 2 aromatic heterocycles. The molecule has 0 atom stereocenters. The number of carbonyl (C=O) groups excluding carboxylic acids is 1. The van der Waals surface area contributed by atoms with E-state index in [1.165, 1.54) is 11.9 Å². The van der Waals surface area contributed by atoms with Crippen LogP contribution in [-0.4, -0.2) is 20.9 Å². The molecule has 2 heterocycles. The summed E-state index contributed by atoms with van der Waals surface area (Å²) in [5, 5.41) is 5.98. The molecule has 25 heavy (non-hydrogen) atoms. The molecule has 1 amide bonds. The molecule has 6 nitrogen and oxygen atoms in total. The van der Waals surface area contributed by atoms with Crippen molar-refractivity contribution in [3.05, 3.63) is 78.0 Å². The third-order valence-corrected chi connectivity index (χ3v) is 3.70. The van der Waals surface area contributed by atoms with Gasteiger partial charge in [-0.05, 0) is 36.2 Å². The molecule has 0 bridgehead atoms. The molecular formula is C19H19N5O. The Balaban J connectivity index is 1.64. The zero-order valence-electron chi connectivity index (χ0n) is 13.9. The van der Waals surface area contributed by atoms with E-state index in [-0.39, 0.29) is 5.91 Å². The Bertz CT molecular complexity index is 834. The molecule has 0 saturated heterocycles. The van der Waals surface area contributed by atoms with Gasteiger partial charge in [0.15, 0.2) is 0 Å². The minimum absolute atomic E-state index is 0.271. The van der Waals surface area contributed by atoms with Gasteiger partial charge in [0.1, 0.15) is 17.8 Å². The summed E-state index contributed by atoms with van der Waals surface area (Å²) in [4.78, 5) is 24.8. The molecular weight excluding hydrogens is 314 g/mol. The first-order chi connectivity index (χ1) is 12.2. The quantitative estimate of drug-likeness (QED) is 0.723. The Morgan fingerprint density at radius 3 is 2.60 bits per heavy atom. The average molecular weight is 333 g/mol. The van der Waals surface area contributed by atoms with Crippen LogP contribution in [0.1, 0.15) is 28.7 Å². The summed E-state index contributed by atoms with van der Waals surface area (Å²) in [7, 11) is 0. The number of aryl methyl sites for hydroxylation is 1. The summed E-state index contributed by atoms with van der Waals surface area (Å²) < 4.78 is 0. The number of pyridine rings is 1. The van der Waals surface area contributed by atoms with Crippen molar-refractivity contribution in [2.45, 2.75) is 19.9 Å². The smallest absolute Gasteiger partial charge is 0.274 e. The van der Waals surface area contributed by atoms with E-state index in [9.17, 15) is 4.79 Å². The maximum absolute atomic E-state index is 12.4. The second-order valence-electron chi connectivity index (χ2n) is 5.47. The van der Waals surface area contributed by atoms with E-state index in [0.29, 0.717) is 18.1 Å². The zero-order valence-corrected chi connectivity index (χ0v) is 13.9. The number of rotatable bonds is 6. The van der Waals surface area contributed by atoms with Crippen LogP contribution < -0.4 is 10.6 Å². The molecule has 2 N–H and O–H groups in total. The van der Waals surface area contributed by atoms with Gasteiger partial charge in [0.25, 0.3) is 5.91 Å². The average Bonchev–Trinajstić information content (AvgIpc) is 2.68. The number of carbonyl (C=O) groups is 1. The van der Waals surface area contributed by atoms with Gasteiger partial charge in [0.05, 0.1) is 12.2 Å². The Morgan fingerprint density at radius 2 is 1.88 bits per heavy atom. The summed E-state index contributed by atoms with van der Waals surface area (Å²) in [6.45, 7) is 2.62. The van der Waals surface area contributed by atoms with Crippen molar-refractivity contribution in [3.8, 4) is 0 Å². The largest absolute Gasteiger partial charge is 0.364 e. The SMILES string of the molecule is CCc1ccc(NC(=O)c2cc(NCc3ccccn3)ncn2)cc1. The van der Waals surface area contributed by atoms with Gasteiger partial charge in [-0.2, -0.15) is 0 Å². The molecule has 0 aliphatic rings. The van der Waals surface area contributed by atoms with Gasteiger partial charge >= 0.3 is 0 Å². The number of benzene rings is 1. The maximum atomic E-state index is 12.4. The fourth-order valence-corrected chi connectivity index (χ4v) is 2.28. The lowest BCUT2D eigenvalue weighted by Gasteiger charge is -2.08. The molecule has 3 aromatic rings. The van der Waals surface area contributed by atoms with Crippen molar-refractivity contribution in [1.29, 1.82) is 0 Å². The number of hydrogen-bond donors (Lipinski definition) is 2. The third-order valence-electron chi connectivity index (χ3n) is 3.70. The van der Waals surface area contributed by atoms with Crippen LogP contribution in [0.2, 0.25) is 0 Å². The summed E-state index contributed by atoms with van der Waals surface area (Å²) in [6, 6.07) is 15.1. The highest BCUT2D eigenvalue weighted by molar-refractivity contribution is 6.03. The molecule has 6 heteroatoms. The van der Waals surface area contributed by atoms with Gasteiger partial charge < -0.3 is 10.6 Å². The van der Waals surface area contributed by atoms with Crippen molar-refractivity contribution < 1.29 is 4.79 Å². The fraction of sp³-hybridized carbons (Fsp3) is 0.158. The van der Waals surface area contributed by atoms with Crippen LogP contribution in [-0.2, 0) is 13.0 Å². The van der Waals surface area contributed by atoms with Crippen molar-refractivity contribution in [1.82, 2.24) is 15.0 Å². The third kappa shape index (κ3) is 4.60. The lowest BCUT2D eigenvalue weighted by atomic mass is 10.1. The predicted octanol–water partition coefficient (Wildman–Crippen LogP) is 3.30. The molecule has 1 aromatic carbocycles. The van der Waals surface area contributed by atoms with Crippen molar-refractivity contribution >= 4 is 17.4 Å². The molecule has 0 aliphatic heterocycles. The molecule has 0 unspecified atom stereocenters. The minimum atomic E-state index is -0.271. The Kier molecular flexibility index (Phi) is 5.31. The van der Waals surface area contributed by atoms with Gasteiger partial charge in [0, 0.05) is 18.0 Å². The molecule has 126 valence electrons. The first-order valence-corrected chi connectivity index (χ1v) is 8.10. The lowest BCUT2D eigenvalue weighted by Crippen LogP contribution is -2.14. The molecule has 0 saturated carbocycles. The number of hydrogen-bond acceptors (Lipinski definition) is 5. The van der Waals surface area contributed by atoms with Gasteiger partial charge in [-0.1, -0.05) is 25.1 Å². The fourth-order valence-electron chi connectivity index (χ4n) is 2.28. The molecule has 0 fully saturated rings. The number of aromatic nitrogens is 3. The van der Waals surface area contributed by atoms with Crippen molar-refractivity contribution in [3.63, 3.8) is 0 Å². The zero-order chi connectivity index (χ0) is 17.5. The van der Waals surface area contributed by atoms with Gasteiger partial charge in [-0.15, -0.1) is 0 Å².